The number of amides is 2. The van der Waals surface area contributed by atoms with Crippen LogP contribution in [-0.2, 0) is 16.0 Å². The van der Waals surface area contributed by atoms with Crippen molar-refractivity contribution in [1.82, 2.24) is 5.32 Å². The summed E-state index contributed by atoms with van der Waals surface area (Å²) in [6, 6.07) is 18.4. The molecule has 0 heterocycles. The van der Waals surface area contributed by atoms with Crippen LogP contribution in [0.15, 0.2) is 66.4 Å². The first kappa shape index (κ1) is 20.2. The van der Waals surface area contributed by atoms with Crippen LogP contribution in [0.1, 0.15) is 25.8 Å². The molecule has 0 saturated heterocycles. The fourth-order valence-electron chi connectivity index (χ4n) is 3.00. The molecule has 5 N–H and O–H groups in total. The maximum absolute atomic E-state index is 12.2. The Bertz CT molecular complexity index is 796. The molecule has 5 heteroatoms. The van der Waals surface area contributed by atoms with Gasteiger partial charge in [-0.3, -0.25) is 9.59 Å². The molecule has 0 aliphatic rings. The zero-order valence-electron chi connectivity index (χ0n) is 15.8. The zero-order chi connectivity index (χ0) is 19.8. The van der Waals surface area contributed by atoms with Crippen molar-refractivity contribution in [1.29, 1.82) is 0 Å². The summed E-state index contributed by atoms with van der Waals surface area (Å²) in [4.78, 5) is 23.1. The molecule has 0 aliphatic carbocycles. The van der Waals surface area contributed by atoms with E-state index in [0.29, 0.717) is 12.3 Å². The Morgan fingerprint density at radius 2 is 1.56 bits per heavy atom. The van der Waals surface area contributed by atoms with Gasteiger partial charge in [-0.15, -0.1) is 0 Å². The molecule has 0 bridgehead atoms. The quantitative estimate of drug-likeness (QED) is 0.627. The molecule has 0 spiro atoms. The third-order valence-electron chi connectivity index (χ3n) is 4.19. The first-order valence-corrected chi connectivity index (χ1v) is 9.07. The van der Waals surface area contributed by atoms with Gasteiger partial charge >= 0.3 is 0 Å². The van der Waals surface area contributed by atoms with Crippen molar-refractivity contribution in [2.45, 2.75) is 32.7 Å². The number of carbonyl (C=O) groups is 2. The smallest absolute Gasteiger partial charge is 0.267 e. The highest BCUT2D eigenvalue weighted by Crippen LogP contribution is 2.20. The number of hydrogen-bond donors (Lipinski definition) is 3. The summed E-state index contributed by atoms with van der Waals surface area (Å²) < 4.78 is 0. The van der Waals surface area contributed by atoms with Crippen molar-refractivity contribution in [3.63, 3.8) is 0 Å². The van der Waals surface area contributed by atoms with Crippen molar-refractivity contribution in [3.05, 3.63) is 71.9 Å². The fourth-order valence-corrected chi connectivity index (χ4v) is 3.00. The van der Waals surface area contributed by atoms with Crippen LogP contribution < -0.4 is 16.8 Å². The lowest BCUT2D eigenvalue weighted by molar-refractivity contribution is -0.119. The molecule has 0 aromatic heterocycles. The molecular weight excluding hydrogens is 338 g/mol. The van der Waals surface area contributed by atoms with Gasteiger partial charge in [-0.1, -0.05) is 68.4 Å². The number of nitrogens with one attached hydrogen (secondary N) is 1. The molecule has 27 heavy (non-hydrogen) atoms. The second-order valence-electron chi connectivity index (χ2n) is 7.07. The lowest BCUT2D eigenvalue weighted by Gasteiger charge is -2.21. The van der Waals surface area contributed by atoms with Gasteiger partial charge in [0, 0.05) is 12.1 Å². The first-order chi connectivity index (χ1) is 12.8. The number of hydrogen-bond acceptors (Lipinski definition) is 3. The summed E-state index contributed by atoms with van der Waals surface area (Å²) in [5.41, 5.74) is 13.9. The van der Waals surface area contributed by atoms with E-state index in [9.17, 15) is 9.59 Å². The third kappa shape index (κ3) is 6.62. The van der Waals surface area contributed by atoms with Gasteiger partial charge in [0.2, 0.25) is 5.91 Å². The minimum atomic E-state index is -0.737. The van der Waals surface area contributed by atoms with Crippen molar-refractivity contribution in [2.75, 3.05) is 0 Å². The summed E-state index contributed by atoms with van der Waals surface area (Å²) in [7, 11) is 0. The van der Waals surface area contributed by atoms with E-state index < -0.39 is 11.8 Å². The second kappa shape index (κ2) is 9.57. The van der Waals surface area contributed by atoms with Crippen LogP contribution in [0.2, 0.25) is 0 Å². The van der Waals surface area contributed by atoms with Crippen molar-refractivity contribution >= 4 is 11.8 Å². The SMILES string of the molecule is CC(C)C[C@@H](Cc1ccc(-c2ccccc2)cc1)NC(=O)/C(N)=C/C(N)=O. The summed E-state index contributed by atoms with van der Waals surface area (Å²) in [5, 5.41) is 2.91. The predicted octanol–water partition coefficient (Wildman–Crippen LogP) is 2.75. The second-order valence-corrected chi connectivity index (χ2v) is 7.07. The number of carbonyl (C=O) groups excluding carboxylic acids is 2. The van der Waals surface area contributed by atoms with Gasteiger partial charge in [0.1, 0.15) is 5.70 Å². The van der Waals surface area contributed by atoms with E-state index in [0.717, 1.165) is 23.6 Å². The number of primary amides is 1. The normalized spacial score (nSPS) is 12.6. The van der Waals surface area contributed by atoms with Crippen LogP contribution in [0.3, 0.4) is 0 Å². The Morgan fingerprint density at radius 3 is 2.11 bits per heavy atom. The standard InChI is InChI=1S/C22H27N3O2/c1-15(2)12-19(25-22(27)20(23)14-21(24)26)13-16-8-10-18(11-9-16)17-6-4-3-5-7-17/h3-11,14-15,19H,12-13,23H2,1-2H3,(H2,24,26)(H,25,27)/b20-14-/t19-/m0/s1. The molecule has 0 radical (unpaired) electrons. The lowest BCUT2D eigenvalue weighted by Crippen LogP contribution is -2.40. The number of benzene rings is 2. The van der Waals surface area contributed by atoms with Crippen LogP contribution in [0.4, 0.5) is 0 Å². The molecule has 142 valence electrons. The Labute approximate surface area is 160 Å². The van der Waals surface area contributed by atoms with E-state index in [1.807, 2.05) is 18.2 Å². The summed E-state index contributed by atoms with van der Waals surface area (Å²) in [5.74, 6) is -0.805. The Morgan fingerprint density at radius 1 is 0.963 bits per heavy atom. The van der Waals surface area contributed by atoms with E-state index in [2.05, 4.69) is 55.6 Å². The monoisotopic (exact) mass is 365 g/mol. The van der Waals surface area contributed by atoms with Crippen LogP contribution in [0.25, 0.3) is 11.1 Å². The van der Waals surface area contributed by atoms with Gasteiger partial charge in [0.05, 0.1) is 0 Å². The summed E-state index contributed by atoms with van der Waals surface area (Å²) in [6.07, 6.45) is 2.43. The molecule has 5 nitrogen and oxygen atoms in total. The molecule has 2 amide bonds. The molecule has 2 aromatic rings. The Balaban J connectivity index is 2.09. The van der Waals surface area contributed by atoms with E-state index >= 15 is 0 Å². The van der Waals surface area contributed by atoms with Crippen molar-refractivity contribution < 1.29 is 9.59 Å². The van der Waals surface area contributed by atoms with Crippen LogP contribution in [-0.4, -0.2) is 17.9 Å². The van der Waals surface area contributed by atoms with Crippen molar-refractivity contribution in [2.24, 2.45) is 17.4 Å². The predicted molar refractivity (Wildman–Crippen MR) is 108 cm³/mol. The largest absolute Gasteiger partial charge is 0.394 e. The van der Waals surface area contributed by atoms with Gasteiger partial charge in [-0.2, -0.15) is 0 Å². The average molecular weight is 365 g/mol. The maximum Gasteiger partial charge on any atom is 0.267 e. The molecule has 2 aromatic carbocycles. The maximum atomic E-state index is 12.2. The first-order valence-electron chi connectivity index (χ1n) is 9.07. The summed E-state index contributed by atoms with van der Waals surface area (Å²) in [6.45, 7) is 4.19. The number of rotatable bonds is 8. The minimum absolute atomic E-state index is 0.0834. The average Bonchev–Trinajstić information content (AvgIpc) is 2.62. The van der Waals surface area contributed by atoms with Crippen LogP contribution >= 0.6 is 0 Å². The highest BCUT2D eigenvalue weighted by Gasteiger charge is 2.16. The minimum Gasteiger partial charge on any atom is -0.394 e. The lowest BCUT2D eigenvalue weighted by atomic mass is 9.95. The highest BCUT2D eigenvalue weighted by atomic mass is 16.2. The topological polar surface area (TPSA) is 98.2 Å². The molecule has 0 fully saturated rings. The summed E-state index contributed by atoms with van der Waals surface area (Å²) >= 11 is 0. The Hall–Kier alpha value is -3.08. The van der Waals surface area contributed by atoms with Crippen molar-refractivity contribution in [3.8, 4) is 11.1 Å². The Kier molecular flexibility index (Phi) is 7.17. The van der Waals surface area contributed by atoms with Gasteiger partial charge in [0.25, 0.3) is 5.91 Å². The van der Waals surface area contributed by atoms with E-state index in [-0.39, 0.29) is 11.7 Å². The number of nitrogens with two attached hydrogens (primary N) is 2. The highest BCUT2D eigenvalue weighted by molar-refractivity contribution is 5.99. The van der Waals surface area contributed by atoms with E-state index in [4.69, 9.17) is 11.5 Å². The third-order valence-corrected chi connectivity index (χ3v) is 4.19. The molecule has 1 atom stereocenters. The van der Waals surface area contributed by atoms with Gasteiger partial charge in [-0.05, 0) is 35.4 Å². The molecule has 0 aliphatic heterocycles. The zero-order valence-corrected chi connectivity index (χ0v) is 15.8. The van der Waals surface area contributed by atoms with Crippen LogP contribution in [0, 0.1) is 5.92 Å². The molecule has 0 saturated carbocycles. The van der Waals surface area contributed by atoms with Gasteiger partial charge in [0.15, 0.2) is 0 Å². The molecule has 0 unspecified atom stereocenters. The van der Waals surface area contributed by atoms with Crippen LogP contribution in [0.5, 0.6) is 0 Å². The molecular formula is C22H27N3O2. The van der Waals surface area contributed by atoms with Gasteiger partial charge in [-0.25, -0.2) is 0 Å². The van der Waals surface area contributed by atoms with E-state index in [1.165, 1.54) is 5.56 Å². The van der Waals surface area contributed by atoms with E-state index in [1.54, 1.807) is 0 Å². The fraction of sp³-hybridized carbons (Fsp3) is 0.273. The molecule has 2 rings (SSSR count). The van der Waals surface area contributed by atoms with Gasteiger partial charge < -0.3 is 16.8 Å².